The summed E-state index contributed by atoms with van der Waals surface area (Å²) in [5, 5.41) is 15.9. The number of aliphatic hydroxyl groups is 1. The molecule has 2 atom stereocenters. The molecule has 108 valence electrons. The van der Waals surface area contributed by atoms with Crippen LogP contribution in [-0.2, 0) is 16.4 Å². The molecule has 0 spiro atoms. The van der Waals surface area contributed by atoms with E-state index in [-0.39, 0.29) is 17.9 Å². The van der Waals surface area contributed by atoms with Crippen molar-refractivity contribution in [3.63, 3.8) is 0 Å². The van der Waals surface area contributed by atoms with Gasteiger partial charge < -0.3 is 10.4 Å². The topological polar surface area (TPSA) is 84.2 Å². The van der Waals surface area contributed by atoms with Crippen LogP contribution in [-0.4, -0.2) is 47.5 Å². The van der Waals surface area contributed by atoms with Gasteiger partial charge in [-0.25, -0.2) is 8.42 Å². The van der Waals surface area contributed by atoms with Gasteiger partial charge in [-0.3, -0.25) is 4.68 Å². The standard InChI is InChI=1S/C12H21N3O3S/c1-19(17,18)12-5-3-2-4-11(12)14-10-8-13-15(9-10)6-7-16/h8-9,11-12,14,16H,2-7H2,1H3. The van der Waals surface area contributed by atoms with Gasteiger partial charge in [0.1, 0.15) is 0 Å². The lowest BCUT2D eigenvalue weighted by Gasteiger charge is -2.31. The summed E-state index contributed by atoms with van der Waals surface area (Å²) in [7, 11) is -3.03. The first-order valence-electron chi connectivity index (χ1n) is 6.59. The number of sulfone groups is 1. The third-order valence-corrected chi connectivity index (χ3v) is 5.23. The summed E-state index contributed by atoms with van der Waals surface area (Å²) in [6.45, 7) is 0.484. The van der Waals surface area contributed by atoms with Crippen molar-refractivity contribution >= 4 is 15.5 Å². The van der Waals surface area contributed by atoms with Gasteiger partial charge in [0.25, 0.3) is 0 Å². The highest BCUT2D eigenvalue weighted by Crippen LogP contribution is 2.26. The Kier molecular flexibility index (Phi) is 4.46. The quantitative estimate of drug-likeness (QED) is 0.830. The van der Waals surface area contributed by atoms with Crippen LogP contribution in [0.2, 0.25) is 0 Å². The van der Waals surface area contributed by atoms with Crippen molar-refractivity contribution in [2.75, 3.05) is 18.2 Å². The molecule has 19 heavy (non-hydrogen) atoms. The Labute approximate surface area is 113 Å². The van der Waals surface area contributed by atoms with Gasteiger partial charge in [0.05, 0.1) is 30.3 Å². The summed E-state index contributed by atoms with van der Waals surface area (Å²) in [5.74, 6) is 0. The molecule has 1 heterocycles. The molecule has 6 nitrogen and oxygen atoms in total. The van der Waals surface area contributed by atoms with E-state index in [1.54, 1.807) is 17.1 Å². The van der Waals surface area contributed by atoms with Crippen LogP contribution >= 0.6 is 0 Å². The molecular weight excluding hydrogens is 266 g/mol. The van der Waals surface area contributed by atoms with Crippen LogP contribution in [0.3, 0.4) is 0 Å². The lowest BCUT2D eigenvalue weighted by molar-refractivity contribution is 0.269. The lowest BCUT2D eigenvalue weighted by Crippen LogP contribution is -2.41. The molecule has 7 heteroatoms. The normalized spacial score (nSPS) is 24.3. The minimum atomic E-state index is -3.03. The van der Waals surface area contributed by atoms with E-state index in [2.05, 4.69) is 10.4 Å². The van der Waals surface area contributed by atoms with Crippen molar-refractivity contribution in [1.29, 1.82) is 0 Å². The summed E-state index contributed by atoms with van der Waals surface area (Å²) in [6.07, 6.45) is 8.39. The Hall–Kier alpha value is -1.08. The first-order chi connectivity index (χ1) is 9.00. The third-order valence-electron chi connectivity index (χ3n) is 3.57. The molecule has 1 aromatic rings. The number of aromatic nitrogens is 2. The molecule has 1 saturated carbocycles. The molecule has 2 unspecified atom stereocenters. The Balaban J connectivity index is 2.06. The van der Waals surface area contributed by atoms with E-state index in [0.717, 1.165) is 31.4 Å². The molecule has 0 amide bonds. The smallest absolute Gasteiger partial charge is 0.152 e. The molecule has 0 radical (unpaired) electrons. The highest BCUT2D eigenvalue weighted by atomic mass is 32.2. The van der Waals surface area contributed by atoms with Gasteiger partial charge in [-0.05, 0) is 12.8 Å². The predicted octanol–water partition coefficient (Wildman–Crippen LogP) is 0.643. The fraction of sp³-hybridized carbons (Fsp3) is 0.750. The van der Waals surface area contributed by atoms with Crippen LogP contribution in [0.4, 0.5) is 5.69 Å². The second kappa shape index (κ2) is 5.92. The average molecular weight is 287 g/mol. The van der Waals surface area contributed by atoms with Crippen molar-refractivity contribution in [3.8, 4) is 0 Å². The van der Waals surface area contributed by atoms with Crippen LogP contribution in [0.5, 0.6) is 0 Å². The monoisotopic (exact) mass is 287 g/mol. The average Bonchev–Trinajstić information content (AvgIpc) is 2.76. The Morgan fingerprint density at radius 2 is 2.21 bits per heavy atom. The Bertz CT molecular complexity index is 512. The van der Waals surface area contributed by atoms with E-state index in [1.807, 2.05) is 0 Å². The molecule has 0 bridgehead atoms. The fourth-order valence-corrected chi connectivity index (χ4v) is 4.05. The van der Waals surface area contributed by atoms with Crippen LogP contribution in [0.1, 0.15) is 25.7 Å². The van der Waals surface area contributed by atoms with Crippen molar-refractivity contribution < 1.29 is 13.5 Å². The largest absolute Gasteiger partial charge is 0.394 e. The number of hydrogen-bond donors (Lipinski definition) is 2. The van der Waals surface area contributed by atoms with E-state index in [0.29, 0.717) is 6.54 Å². The van der Waals surface area contributed by atoms with Crippen LogP contribution in [0.25, 0.3) is 0 Å². The minimum absolute atomic E-state index is 0.0382. The van der Waals surface area contributed by atoms with E-state index in [1.165, 1.54) is 6.26 Å². The van der Waals surface area contributed by atoms with Gasteiger partial charge >= 0.3 is 0 Å². The molecule has 1 aromatic heterocycles. The van der Waals surface area contributed by atoms with E-state index < -0.39 is 9.84 Å². The van der Waals surface area contributed by atoms with E-state index in [9.17, 15) is 8.42 Å². The molecule has 1 fully saturated rings. The van der Waals surface area contributed by atoms with Gasteiger partial charge in [-0.2, -0.15) is 5.10 Å². The van der Waals surface area contributed by atoms with Crippen molar-refractivity contribution in [2.24, 2.45) is 0 Å². The first-order valence-corrected chi connectivity index (χ1v) is 8.55. The van der Waals surface area contributed by atoms with Crippen LogP contribution in [0.15, 0.2) is 12.4 Å². The van der Waals surface area contributed by atoms with Crippen molar-refractivity contribution in [3.05, 3.63) is 12.4 Å². The number of aliphatic hydroxyl groups excluding tert-OH is 1. The number of nitrogens with zero attached hydrogens (tertiary/aromatic N) is 2. The molecule has 2 rings (SSSR count). The zero-order valence-corrected chi connectivity index (χ0v) is 11.9. The summed E-state index contributed by atoms with van der Waals surface area (Å²) in [4.78, 5) is 0. The van der Waals surface area contributed by atoms with E-state index in [4.69, 9.17) is 5.11 Å². The summed E-state index contributed by atoms with van der Waals surface area (Å²) < 4.78 is 25.2. The molecule has 2 N–H and O–H groups in total. The first kappa shape index (κ1) is 14.3. The van der Waals surface area contributed by atoms with Crippen molar-refractivity contribution in [1.82, 2.24) is 9.78 Å². The highest BCUT2D eigenvalue weighted by Gasteiger charge is 2.32. The zero-order valence-electron chi connectivity index (χ0n) is 11.1. The van der Waals surface area contributed by atoms with E-state index >= 15 is 0 Å². The second-order valence-electron chi connectivity index (χ2n) is 5.12. The van der Waals surface area contributed by atoms with Crippen LogP contribution < -0.4 is 5.32 Å². The summed E-state index contributed by atoms with van der Waals surface area (Å²) in [5.41, 5.74) is 0.814. The molecule has 0 aromatic carbocycles. The maximum Gasteiger partial charge on any atom is 0.152 e. The van der Waals surface area contributed by atoms with Crippen LogP contribution in [0, 0.1) is 0 Å². The molecule has 1 aliphatic rings. The zero-order chi connectivity index (χ0) is 13.9. The number of anilines is 1. The molecular formula is C12H21N3O3S. The number of nitrogens with one attached hydrogen (secondary N) is 1. The lowest BCUT2D eigenvalue weighted by atomic mass is 9.95. The minimum Gasteiger partial charge on any atom is -0.394 e. The van der Waals surface area contributed by atoms with Gasteiger partial charge in [-0.15, -0.1) is 0 Å². The SMILES string of the molecule is CS(=O)(=O)C1CCCCC1Nc1cnn(CCO)c1. The van der Waals surface area contributed by atoms with Crippen molar-refractivity contribution in [2.45, 2.75) is 43.5 Å². The third kappa shape index (κ3) is 3.70. The molecule has 1 aliphatic carbocycles. The summed E-state index contributed by atoms with van der Waals surface area (Å²) >= 11 is 0. The Morgan fingerprint density at radius 1 is 1.47 bits per heavy atom. The summed E-state index contributed by atoms with van der Waals surface area (Å²) in [6, 6.07) is -0.0458. The fourth-order valence-electron chi connectivity index (χ4n) is 2.65. The number of hydrogen-bond acceptors (Lipinski definition) is 5. The maximum atomic E-state index is 11.8. The van der Waals surface area contributed by atoms with Gasteiger partial charge in [-0.1, -0.05) is 12.8 Å². The van der Waals surface area contributed by atoms with Gasteiger partial charge in [0, 0.05) is 18.5 Å². The second-order valence-corrected chi connectivity index (χ2v) is 7.38. The van der Waals surface area contributed by atoms with Gasteiger partial charge in [0.15, 0.2) is 9.84 Å². The maximum absolute atomic E-state index is 11.8. The van der Waals surface area contributed by atoms with Gasteiger partial charge in [0.2, 0.25) is 0 Å². The highest BCUT2D eigenvalue weighted by molar-refractivity contribution is 7.91. The molecule has 0 saturated heterocycles. The number of rotatable bonds is 5. The predicted molar refractivity (Wildman–Crippen MR) is 73.8 cm³/mol. The Morgan fingerprint density at radius 3 is 2.89 bits per heavy atom. The molecule has 0 aliphatic heterocycles.